The topological polar surface area (TPSA) is 85.4 Å². The average Bonchev–Trinajstić information content (AvgIpc) is 2.68. The van der Waals surface area contributed by atoms with Gasteiger partial charge in [-0.3, -0.25) is 4.79 Å². The number of hydrogen-bond acceptors (Lipinski definition) is 6. The van der Waals surface area contributed by atoms with Gasteiger partial charge in [-0.1, -0.05) is 17.7 Å². The molecule has 0 aliphatic carbocycles. The van der Waals surface area contributed by atoms with E-state index in [0.29, 0.717) is 33.7 Å². The van der Waals surface area contributed by atoms with E-state index in [0.717, 1.165) is 0 Å². The molecule has 0 aliphatic rings. The minimum absolute atomic E-state index is 0.203. The molecule has 1 heterocycles. The first-order valence-electron chi connectivity index (χ1n) is 7.97. The molecule has 0 atom stereocenters. The molecule has 0 saturated carbocycles. The molecule has 0 saturated heterocycles. The molecule has 3 rings (SSSR count). The summed E-state index contributed by atoms with van der Waals surface area (Å²) in [5.41, 5.74) is 1.43. The van der Waals surface area contributed by atoms with E-state index >= 15 is 0 Å². The Hall–Kier alpha value is -3.32. The van der Waals surface area contributed by atoms with Crippen LogP contribution in [0.15, 0.2) is 54.9 Å². The maximum atomic E-state index is 12.4. The van der Waals surface area contributed by atoms with Gasteiger partial charge >= 0.3 is 0 Å². The highest BCUT2D eigenvalue weighted by molar-refractivity contribution is 6.30. The molecule has 27 heavy (non-hydrogen) atoms. The van der Waals surface area contributed by atoms with Crippen molar-refractivity contribution >= 4 is 34.7 Å². The minimum Gasteiger partial charge on any atom is -0.497 e. The van der Waals surface area contributed by atoms with E-state index < -0.39 is 0 Å². The van der Waals surface area contributed by atoms with Crippen molar-refractivity contribution in [1.29, 1.82) is 0 Å². The van der Waals surface area contributed by atoms with Gasteiger partial charge < -0.3 is 20.1 Å². The zero-order chi connectivity index (χ0) is 19.2. The van der Waals surface area contributed by atoms with Crippen LogP contribution in [0.5, 0.6) is 11.5 Å². The zero-order valence-electron chi connectivity index (χ0n) is 14.7. The second-order valence-corrected chi connectivity index (χ2v) is 5.88. The van der Waals surface area contributed by atoms with Crippen LogP contribution in [0, 0.1) is 0 Å². The van der Waals surface area contributed by atoms with Gasteiger partial charge in [-0.15, -0.1) is 0 Å². The zero-order valence-corrected chi connectivity index (χ0v) is 15.4. The molecule has 1 aromatic heterocycles. The van der Waals surface area contributed by atoms with Crippen LogP contribution in [0.1, 0.15) is 10.5 Å². The first-order chi connectivity index (χ1) is 13.1. The quantitative estimate of drug-likeness (QED) is 0.664. The summed E-state index contributed by atoms with van der Waals surface area (Å²) in [6.45, 7) is 0. The van der Waals surface area contributed by atoms with Crippen molar-refractivity contribution in [2.24, 2.45) is 0 Å². The van der Waals surface area contributed by atoms with E-state index in [1.807, 2.05) is 0 Å². The Bertz CT molecular complexity index is 965. The third kappa shape index (κ3) is 4.65. The van der Waals surface area contributed by atoms with Gasteiger partial charge in [0.2, 0.25) is 0 Å². The van der Waals surface area contributed by atoms with Crippen molar-refractivity contribution in [3.8, 4) is 11.5 Å². The molecule has 2 aromatic carbocycles. The van der Waals surface area contributed by atoms with E-state index in [-0.39, 0.29) is 11.6 Å². The number of rotatable bonds is 6. The van der Waals surface area contributed by atoms with Crippen molar-refractivity contribution in [1.82, 2.24) is 9.97 Å². The molecule has 7 nitrogen and oxygen atoms in total. The summed E-state index contributed by atoms with van der Waals surface area (Å²) >= 11 is 5.93. The number of benzene rings is 2. The molecule has 3 aromatic rings. The van der Waals surface area contributed by atoms with Crippen molar-refractivity contribution in [3.63, 3.8) is 0 Å². The van der Waals surface area contributed by atoms with Gasteiger partial charge in [-0.2, -0.15) is 0 Å². The van der Waals surface area contributed by atoms with Crippen LogP contribution in [0.2, 0.25) is 5.02 Å². The van der Waals surface area contributed by atoms with Gasteiger partial charge in [0.05, 0.1) is 19.9 Å². The van der Waals surface area contributed by atoms with Crippen molar-refractivity contribution in [2.75, 3.05) is 24.9 Å². The average molecular weight is 385 g/mol. The van der Waals surface area contributed by atoms with E-state index in [1.165, 1.54) is 6.33 Å². The summed E-state index contributed by atoms with van der Waals surface area (Å²) < 4.78 is 10.6. The Balaban J connectivity index is 1.80. The van der Waals surface area contributed by atoms with Crippen LogP contribution in [0.25, 0.3) is 0 Å². The molecule has 8 heteroatoms. The molecule has 0 fully saturated rings. The number of halogens is 1. The highest BCUT2D eigenvalue weighted by Gasteiger charge is 2.11. The summed E-state index contributed by atoms with van der Waals surface area (Å²) in [6, 6.07) is 13.7. The number of carbonyl (C=O) groups is 1. The molecule has 2 N–H and O–H groups in total. The molecular formula is C19H17ClN4O3. The number of carbonyl (C=O) groups excluding carboxylic acids is 1. The monoisotopic (exact) mass is 384 g/mol. The molecule has 0 aliphatic heterocycles. The third-order valence-electron chi connectivity index (χ3n) is 3.65. The first kappa shape index (κ1) is 18.5. The Labute approximate surface area is 161 Å². The predicted octanol–water partition coefficient (Wildman–Crippen LogP) is 4.14. The summed E-state index contributed by atoms with van der Waals surface area (Å²) in [7, 11) is 3.14. The Kier molecular flexibility index (Phi) is 5.73. The fourth-order valence-electron chi connectivity index (χ4n) is 2.36. The number of amides is 1. The van der Waals surface area contributed by atoms with E-state index in [4.69, 9.17) is 21.1 Å². The number of methoxy groups -OCH3 is 2. The number of nitrogens with zero attached hydrogens (tertiary/aromatic N) is 2. The largest absolute Gasteiger partial charge is 0.497 e. The lowest BCUT2D eigenvalue weighted by Crippen LogP contribution is -2.14. The van der Waals surface area contributed by atoms with Gasteiger partial charge in [-0.25, -0.2) is 9.97 Å². The first-order valence-corrected chi connectivity index (χ1v) is 8.35. The highest BCUT2D eigenvalue weighted by atomic mass is 35.5. The number of hydrogen-bond donors (Lipinski definition) is 2. The minimum atomic E-state index is -0.375. The molecular weight excluding hydrogens is 368 g/mol. The van der Waals surface area contributed by atoms with Crippen molar-refractivity contribution in [2.45, 2.75) is 0 Å². The van der Waals surface area contributed by atoms with E-state index in [1.54, 1.807) is 62.8 Å². The second-order valence-electron chi connectivity index (χ2n) is 5.44. The van der Waals surface area contributed by atoms with Gasteiger partial charge in [0.1, 0.15) is 29.3 Å². The van der Waals surface area contributed by atoms with Gasteiger partial charge in [0.15, 0.2) is 0 Å². The fourth-order valence-corrected chi connectivity index (χ4v) is 2.55. The second kappa shape index (κ2) is 8.37. The van der Waals surface area contributed by atoms with Crippen LogP contribution in [0.4, 0.5) is 17.2 Å². The molecule has 0 radical (unpaired) electrons. The lowest BCUT2D eigenvalue weighted by molar-refractivity contribution is 0.102. The summed E-state index contributed by atoms with van der Waals surface area (Å²) in [5.74, 6) is 1.33. The summed E-state index contributed by atoms with van der Waals surface area (Å²) in [5, 5.41) is 6.38. The van der Waals surface area contributed by atoms with Crippen LogP contribution >= 0.6 is 11.6 Å². The normalized spacial score (nSPS) is 10.2. The Morgan fingerprint density at radius 3 is 2.63 bits per heavy atom. The predicted molar refractivity (Wildman–Crippen MR) is 104 cm³/mol. The fraction of sp³-hybridized carbons (Fsp3) is 0.105. The standard InChI is InChI=1S/C19H17ClN4O3/c1-26-14-6-7-17(27-2)15(9-14)24-18-10-16(21-11-22-18)19(25)23-13-5-3-4-12(20)8-13/h3-11H,1-2H3,(H,23,25)(H,21,22,24). The van der Waals surface area contributed by atoms with E-state index in [2.05, 4.69) is 20.6 Å². The number of nitrogens with one attached hydrogen (secondary N) is 2. The number of aromatic nitrogens is 2. The lowest BCUT2D eigenvalue weighted by atomic mass is 10.2. The highest BCUT2D eigenvalue weighted by Crippen LogP contribution is 2.31. The summed E-state index contributed by atoms with van der Waals surface area (Å²) in [6.07, 6.45) is 1.31. The number of ether oxygens (including phenoxy) is 2. The smallest absolute Gasteiger partial charge is 0.274 e. The van der Waals surface area contributed by atoms with Gasteiger partial charge in [0.25, 0.3) is 5.91 Å². The third-order valence-corrected chi connectivity index (χ3v) is 3.89. The van der Waals surface area contributed by atoms with Gasteiger partial charge in [0, 0.05) is 22.8 Å². The molecule has 0 spiro atoms. The van der Waals surface area contributed by atoms with Crippen molar-refractivity contribution < 1.29 is 14.3 Å². The molecule has 1 amide bonds. The lowest BCUT2D eigenvalue weighted by Gasteiger charge is -2.12. The van der Waals surface area contributed by atoms with Gasteiger partial charge in [-0.05, 0) is 30.3 Å². The van der Waals surface area contributed by atoms with E-state index in [9.17, 15) is 4.79 Å². The number of anilines is 3. The summed E-state index contributed by atoms with van der Waals surface area (Å²) in [4.78, 5) is 20.6. The molecule has 138 valence electrons. The maximum absolute atomic E-state index is 12.4. The van der Waals surface area contributed by atoms with Crippen LogP contribution in [-0.4, -0.2) is 30.1 Å². The Morgan fingerprint density at radius 2 is 1.89 bits per heavy atom. The van der Waals surface area contributed by atoms with Crippen LogP contribution < -0.4 is 20.1 Å². The SMILES string of the molecule is COc1ccc(OC)c(Nc2cc(C(=O)Nc3cccc(Cl)c3)ncn2)c1. The van der Waals surface area contributed by atoms with Crippen LogP contribution in [0.3, 0.4) is 0 Å². The van der Waals surface area contributed by atoms with Crippen LogP contribution in [-0.2, 0) is 0 Å². The van der Waals surface area contributed by atoms with Crippen molar-refractivity contribution in [3.05, 3.63) is 65.6 Å². The Morgan fingerprint density at radius 1 is 1.04 bits per heavy atom. The maximum Gasteiger partial charge on any atom is 0.274 e. The molecule has 0 bridgehead atoms. The molecule has 0 unspecified atom stereocenters.